The van der Waals surface area contributed by atoms with E-state index in [1.54, 1.807) is 0 Å². The van der Waals surface area contributed by atoms with Gasteiger partial charge in [0.25, 0.3) is 0 Å². The fraction of sp³-hybridized carbons (Fsp3) is 0.733. The van der Waals surface area contributed by atoms with Crippen LogP contribution in [0.3, 0.4) is 0 Å². The molecule has 0 atom stereocenters. The molecule has 1 aromatic rings. The molecule has 4 heteroatoms. The molecule has 0 aliphatic heterocycles. The lowest BCUT2D eigenvalue weighted by Crippen LogP contribution is -2.21. The average Bonchev–Trinajstić information content (AvgIpc) is 2.32. The van der Waals surface area contributed by atoms with Crippen molar-refractivity contribution in [2.75, 3.05) is 17.2 Å². The maximum Gasteiger partial charge on any atom is 0.224 e. The van der Waals surface area contributed by atoms with Crippen LogP contribution in [-0.2, 0) is 0 Å². The van der Waals surface area contributed by atoms with Crippen molar-refractivity contribution < 1.29 is 0 Å². The number of nitrogens with one attached hydrogen (secondary N) is 2. The topological polar surface area (TPSA) is 49.8 Å². The molecule has 106 valence electrons. The Morgan fingerprint density at radius 1 is 1.11 bits per heavy atom. The van der Waals surface area contributed by atoms with Gasteiger partial charge in [0.2, 0.25) is 5.95 Å². The largest absolute Gasteiger partial charge is 0.367 e. The first kappa shape index (κ1) is 14.1. The standard InChI is InChI=1S/C15H26N4/c1-3-16-15-17-12(2)11-14(19-15)18-13-9-7-5-4-6-8-10-13/h11,13H,3-10H2,1-2H3,(H2,16,17,18,19). The Morgan fingerprint density at radius 3 is 2.47 bits per heavy atom. The Kier molecular flexibility index (Phi) is 5.43. The van der Waals surface area contributed by atoms with Crippen molar-refractivity contribution in [3.8, 4) is 0 Å². The minimum Gasteiger partial charge on any atom is -0.367 e. The summed E-state index contributed by atoms with van der Waals surface area (Å²) in [5, 5.41) is 6.78. The highest BCUT2D eigenvalue weighted by molar-refractivity contribution is 5.42. The van der Waals surface area contributed by atoms with E-state index in [0.717, 1.165) is 24.0 Å². The van der Waals surface area contributed by atoms with E-state index in [9.17, 15) is 0 Å². The third-order valence-corrected chi connectivity index (χ3v) is 3.65. The maximum atomic E-state index is 4.54. The summed E-state index contributed by atoms with van der Waals surface area (Å²) in [6.45, 7) is 4.94. The summed E-state index contributed by atoms with van der Waals surface area (Å²) in [6, 6.07) is 2.61. The highest BCUT2D eigenvalue weighted by atomic mass is 15.1. The van der Waals surface area contributed by atoms with Crippen LogP contribution in [0.2, 0.25) is 0 Å². The second-order valence-electron chi connectivity index (χ2n) is 5.43. The van der Waals surface area contributed by atoms with Gasteiger partial charge in [-0.3, -0.25) is 0 Å². The molecular formula is C15H26N4. The smallest absolute Gasteiger partial charge is 0.224 e. The van der Waals surface area contributed by atoms with Gasteiger partial charge >= 0.3 is 0 Å². The van der Waals surface area contributed by atoms with Crippen molar-refractivity contribution in [2.45, 2.75) is 64.8 Å². The van der Waals surface area contributed by atoms with Gasteiger partial charge in [-0.15, -0.1) is 0 Å². The molecule has 1 aromatic heterocycles. The van der Waals surface area contributed by atoms with Crippen LogP contribution in [0.25, 0.3) is 0 Å². The fourth-order valence-electron chi connectivity index (χ4n) is 2.69. The Hall–Kier alpha value is -1.32. The van der Waals surface area contributed by atoms with Crippen molar-refractivity contribution in [2.24, 2.45) is 0 Å². The average molecular weight is 262 g/mol. The Labute approximate surface area is 116 Å². The van der Waals surface area contributed by atoms with Crippen LogP contribution >= 0.6 is 0 Å². The van der Waals surface area contributed by atoms with E-state index in [-0.39, 0.29) is 0 Å². The lowest BCUT2D eigenvalue weighted by atomic mass is 9.97. The van der Waals surface area contributed by atoms with Crippen molar-refractivity contribution in [3.63, 3.8) is 0 Å². The van der Waals surface area contributed by atoms with E-state index in [1.165, 1.54) is 44.9 Å². The van der Waals surface area contributed by atoms with Crippen LogP contribution in [0.5, 0.6) is 0 Å². The van der Waals surface area contributed by atoms with Gasteiger partial charge in [0.15, 0.2) is 0 Å². The number of anilines is 2. The number of aryl methyl sites for hydroxylation is 1. The van der Waals surface area contributed by atoms with Crippen LogP contribution in [0, 0.1) is 6.92 Å². The summed E-state index contributed by atoms with van der Waals surface area (Å²) >= 11 is 0. The van der Waals surface area contributed by atoms with E-state index in [2.05, 4.69) is 27.5 Å². The molecule has 1 heterocycles. The number of hydrogen-bond acceptors (Lipinski definition) is 4. The molecule has 2 rings (SSSR count). The molecule has 0 bridgehead atoms. The summed E-state index contributed by atoms with van der Waals surface area (Å²) in [4.78, 5) is 8.93. The number of aromatic nitrogens is 2. The Morgan fingerprint density at radius 2 is 1.79 bits per heavy atom. The highest BCUT2D eigenvalue weighted by Gasteiger charge is 2.12. The minimum absolute atomic E-state index is 0.573. The normalized spacial score (nSPS) is 17.6. The zero-order valence-electron chi connectivity index (χ0n) is 12.2. The molecule has 0 amide bonds. The van der Waals surface area contributed by atoms with Gasteiger partial charge in [-0.05, 0) is 26.7 Å². The zero-order chi connectivity index (χ0) is 13.5. The van der Waals surface area contributed by atoms with Gasteiger partial charge in [0.05, 0.1) is 0 Å². The second kappa shape index (κ2) is 7.31. The van der Waals surface area contributed by atoms with E-state index in [1.807, 2.05) is 13.0 Å². The molecule has 0 unspecified atom stereocenters. The van der Waals surface area contributed by atoms with E-state index < -0.39 is 0 Å². The molecule has 1 aliphatic rings. The van der Waals surface area contributed by atoms with Crippen molar-refractivity contribution >= 4 is 11.8 Å². The fourth-order valence-corrected chi connectivity index (χ4v) is 2.69. The molecule has 2 N–H and O–H groups in total. The molecule has 1 aliphatic carbocycles. The molecule has 0 radical (unpaired) electrons. The van der Waals surface area contributed by atoms with Crippen LogP contribution in [0.1, 0.15) is 57.6 Å². The first-order valence-electron chi connectivity index (χ1n) is 7.64. The summed E-state index contributed by atoms with van der Waals surface area (Å²) in [5.41, 5.74) is 1.01. The lowest BCUT2D eigenvalue weighted by molar-refractivity contribution is 0.470. The molecule has 4 nitrogen and oxygen atoms in total. The van der Waals surface area contributed by atoms with Crippen LogP contribution in [-0.4, -0.2) is 22.6 Å². The van der Waals surface area contributed by atoms with Gasteiger partial charge in [0.1, 0.15) is 5.82 Å². The van der Waals surface area contributed by atoms with Gasteiger partial charge in [0, 0.05) is 24.3 Å². The Bertz CT molecular complexity index is 384. The van der Waals surface area contributed by atoms with E-state index in [0.29, 0.717) is 6.04 Å². The van der Waals surface area contributed by atoms with E-state index in [4.69, 9.17) is 0 Å². The molecule has 0 saturated heterocycles. The predicted octanol–water partition coefficient (Wildman–Crippen LogP) is 3.74. The summed E-state index contributed by atoms with van der Waals surface area (Å²) in [6.07, 6.45) is 9.36. The molecule has 19 heavy (non-hydrogen) atoms. The highest BCUT2D eigenvalue weighted by Crippen LogP contribution is 2.20. The first-order chi connectivity index (χ1) is 9.28. The molecule has 1 fully saturated rings. The van der Waals surface area contributed by atoms with Gasteiger partial charge < -0.3 is 10.6 Å². The monoisotopic (exact) mass is 262 g/mol. The predicted molar refractivity (Wildman–Crippen MR) is 80.7 cm³/mol. The lowest BCUT2D eigenvalue weighted by Gasteiger charge is -2.22. The number of rotatable bonds is 4. The van der Waals surface area contributed by atoms with Gasteiger partial charge in [-0.25, -0.2) is 4.98 Å². The molecular weight excluding hydrogens is 236 g/mol. The zero-order valence-corrected chi connectivity index (χ0v) is 12.2. The van der Waals surface area contributed by atoms with E-state index >= 15 is 0 Å². The van der Waals surface area contributed by atoms with Crippen LogP contribution in [0.4, 0.5) is 11.8 Å². The third-order valence-electron chi connectivity index (χ3n) is 3.65. The quantitative estimate of drug-likeness (QED) is 0.868. The Balaban J connectivity index is 1.99. The SMILES string of the molecule is CCNc1nc(C)cc(NC2CCCCCCC2)n1. The molecule has 0 aromatic carbocycles. The minimum atomic E-state index is 0.573. The van der Waals surface area contributed by atoms with Gasteiger partial charge in [-0.2, -0.15) is 4.98 Å². The van der Waals surface area contributed by atoms with Crippen LogP contribution in [0.15, 0.2) is 6.07 Å². The third kappa shape index (κ3) is 4.69. The summed E-state index contributed by atoms with van der Waals surface area (Å²) < 4.78 is 0. The summed E-state index contributed by atoms with van der Waals surface area (Å²) in [7, 11) is 0. The number of nitrogens with zero attached hydrogens (tertiary/aromatic N) is 2. The van der Waals surface area contributed by atoms with Gasteiger partial charge in [-0.1, -0.05) is 32.1 Å². The second-order valence-corrected chi connectivity index (χ2v) is 5.43. The summed E-state index contributed by atoms with van der Waals surface area (Å²) in [5.74, 6) is 1.70. The van der Waals surface area contributed by atoms with Crippen molar-refractivity contribution in [1.82, 2.24) is 9.97 Å². The molecule has 0 spiro atoms. The first-order valence-corrected chi connectivity index (χ1v) is 7.64. The van der Waals surface area contributed by atoms with Crippen molar-refractivity contribution in [3.05, 3.63) is 11.8 Å². The number of hydrogen-bond donors (Lipinski definition) is 2. The van der Waals surface area contributed by atoms with Crippen LogP contribution < -0.4 is 10.6 Å². The maximum absolute atomic E-state index is 4.54. The van der Waals surface area contributed by atoms with Crippen molar-refractivity contribution in [1.29, 1.82) is 0 Å². The molecule has 1 saturated carbocycles.